The summed E-state index contributed by atoms with van der Waals surface area (Å²) in [5.74, 6) is 0. The van der Waals surface area contributed by atoms with Gasteiger partial charge in [0, 0.05) is 0 Å². The second-order valence-corrected chi connectivity index (χ2v) is 5.37. The first kappa shape index (κ1) is 14.4. The number of hydrogen-bond donors (Lipinski definition) is 1. The zero-order chi connectivity index (χ0) is 11.9. The third-order valence-electron chi connectivity index (χ3n) is 2.50. The van der Waals surface area contributed by atoms with E-state index in [9.17, 15) is 5.11 Å². The van der Waals surface area contributed by atoms with E-state index in [1.807, 2.05) is 19.9 Å². The molecule has 0 amide bonds. The van der Waals surface area contributed by atoms with Crippen molar-refractivity contribution >= 4 is 0 Å². The van der Waals surface area contributed by atoms with Gasteiger partial charge in [0.15, 0.2) is 0 Å². The Morgan fingerprint density at radius 3 is 2.40 bits per heavy atom. The van der Waals surface area contributed by atoms with Crippen molar-refractivity contribution in [3.63, 3.8) is 0 Å². The molecule has 0 saturated carbocycles. The van der Waals surface area contributed by atoms with Crippen LogP contribution in [0.5, 0.6) is 0 Å². The van der Waals surface area contributed by atoms with Crippen molar-refractivity contribution in [2.75, 3.05) is 0 Å². The van der Waals surface area contributed by atoms with Crippen molar-refractivity contribution in [3.05, 3.63) is 23.8 Å². The van der Waals surface area contributed by atoms with Crippen molar-refractivity contribution < 1.29 is 5.11 Å². The second kappa shape index (κ2) is 6.84. The average Bonchev–Trinajstić information content (AvgIpc) is 2.13. The summed E-state index contributed by atoms with van der Waals surface area (Å²) < 4.78 is 0. The Hall–Kier alpha value is -0.560. The third kappa shape index (κ3) is 8.44. The minimum absolute atomic E-state index is 0.269. The van der Waals surface area contributed by atoms with Gasteiger partial charge >= 0.3 is 0 Å². The molecule has 1 N–H and O–H groups in total. The normalized spacial score (nSPS) is 16.0. The van der Waals surface area contributed by atoms with Gasteiger partial charge in [0.1, 0.15) is 0 Å². The van der Waals surface area contributed by atoms with Crippen LogP contribution >= 0.6 is 0 Å². The lowest BCUT2D eigenvalue weighted by atomic mass is 9.88. The summed E-state index contributed by atoms with van der Waals surface area (Å²) in [6.45, 7) is 10.6. The summed E-state index contributed by atoms with van der Waals surface area (Å²) in [6.07, 6.45) is 8.81. The summed E-state index contributed by atoms with van der Waals surface area (Å²) in [5.41, 5.74) is 1.40. The molecule has 0 aliphatic rings. The highest BCUT2D eigenvalue weighted by molar-refractivity contribution is 5.07. The van der Waals surface area contributed by atoms with Crippen LogP contribution < -0.4 is 0 Å². The van der Waals surface area contributed by atoms with E-state index in [2.05, 4.69) is 32.9 Å². The largest absolute Gasteiger partial charge is 0.389 e. The van der Waals surface area contributed by atoms with Crippen LogP contribution in [0.1, 0.15) is 53.9 Å². The number of rotatable bonds is 5. The minimum Gasteiger partial charge on any atom is -0.389 e. The molecule has 0 aliphatic heterocycles. The molecule has 88 valence electrons. The molecule has 1 heteroatoms. The number of aliphatic hydroxyl groups excluding tert-OH is 1. The molecule has 0 spiro atoms. The van der Waals surface area contributed by atoms with E-state index in [1.165, 1.54) is 0 Å². The lowest BCUT2D eigenvalue weighted by molar-refractivity contribution is 0.177. The Kier molecular flexibility index (Phi) is 6.58. The van der Waals surface area contributed by atoms with Crippen molar-refractivity contribution in [2.24, 2.45) is 5.41 Å². The summed E-state index contributed by atoms with van der Waals surface area (Å²) in [5, 5.41) is 9.89. The molecule has 1 unspecified atom stereocenters. The molecule has 15 heavy (non-hydrogen) atoms. The molecule has 0 rings (SSSR count). The van der Waals surface area contributed by atoms with Gasteiger partial charge in [0.2, 0.25) is 0 Å². The fraction of sp³-hybridized carbons (Fsp3) is 0.714. The van der Waals surface area contributed by atoms with Gasteiger partial charge in [0.25, 0.3) is 0 Å². The highest BCUT2D eigenvalue weighted by atomic mass is 16.3. The average molecular weight is 210 g/mol. The van der Waals surface area contributed by atoms with Crippen LogP contribution in [0, 0.1) is 5.41 Å². The minimum atomic E-state index is -0.269. The molecule has 0 saturated heterocycles. The molecule has 0 bridgehead atoms. The van der Waals surface area contributed by atoms with Gasteiger partial charge in [-0.05, 0) is 44.1 Å². The van der Waals surface area contributed by atoms with Gasteiger partial charge in [-0.1, -0.05) is 39.0 Å². The monoisotopic (exact) mass is 210 g/mol. The first-order valence-corrected chi connectivity index (χ1v) is 5.82. The van der Waals surface area contributed by atoms with Gasteiger partial charge in [-0.2, -0.15) is 0 Å². The van der Waals surface area contributed by atoms with Crippen molar-refractivity contribution in [3.8, 4) is 0 Å². The van der Waals surface area contributed by atoms with Crippen LogP contribution in [0.25, 0.3) is 0 Å². The van der Waals surface area contributed by atoms with E-state index in [0.717, 1.165) is 24.8 Å². The summed E-state index contributed by atoms with van der Waals surface area (Å²) in [7, 11) is 0. The summed E-state index contributed by atoms with van der Waals surface area (Å²) >= 11 is 0. The zero-order valence-corrected chi connectivity index (χ0v) is 10.9. The smallest absolute Gasteiger partial charge is 0.0747 e. The maximum atomic E-state index is 9.89. The van der Waals surface area contributed by atoms with Crippen LogP contribution in [-0.2, 0) is 0 Å². The SMILES string of the molecule is C/C=C/C/C=C(/C)C(O)CCC(C)(C)C. The van der Waals surface area contributed by atoms with E-state index in [-0.39, 0.29) is 6.10 Å². The van der Waals surface area contributed by atoms with E-state index < -0.39 is 0 Å². The van der Waals surface area contributed by atoms with Gasteiger partial charge in [-0.3, -0.25) is 0 Å². The second-order valence-electron chi connectivity index (χ2n) is 5.37. The molecular formula is C14H26O. The Labute approximate surface area is 94.9 Å². The Morgan fingerprint density at radius 1 is 1.33 bits per heavy atom. The van der Waals surface area contributed by atoms with E-state index in [4.69, 9.17) is 0 Å². The molecule has 0 heterocycles. The molecule has 0 fully saturated rings. The van der Waals surface area contributed by atoms with Gasteiger partial charge in [0.05, 0.1) is 6.10 Å². The van der Waals surface area contributed by atoms with Crippen molar-refractivity contribution in [1.82, 2.24) is 0 Å². The van der Waals surface area contributed by atoms with Crippen LogP contribution in [0.4, 0.5) is 0 Å². The molecule has 0 aromatic heterocycles. The van der Waals surface area contributed by atoms with Crippen LogP contribution in [-0.4, -0.2) is 11.2 Å². The maximum Gasteiger partial charge on any atom is 0.0747 e. The molecule has 0 aromatic carbocycles. The molecule has 0 radical (unpaired) electrons. The molecule has 1 nitrogen and oxygen atoms in total. The van der Waals surface area contributed by atoms with Gasteiger partial charge < -0.3 is 5.11 Å². The quantitative estimate of drug-likeness (QED) is 0.678. The van der Waals surface area contributed by atoms with E-state index in [0.29, 0.717) is 5.41 Å². The number of hydrogen-bond acceptors (Lipinski definition) is 1. The van der Waals surface area contributed by atoms with Crippen LogP contribution in [0.15, 0.2) is 23.8 Å². The third-order valence-corrected chi connectivity index (χ3v) is 2.50. The molecule has 0 aliphatic carbocycles. The fourth-order valence-electron chi connectivity index (χ4n) is 1.32. The topological polar surface area (TPSA) is 20.2 Å². The molecule has 1 atom stereocenters. The highest BCUT2D eigenvalue weighted by Gasteiger charge is 2.14. The first-order chi connectivity index (χ1) is 6.87. The number of aliphatic hydroxyl groups is 1. The van der Waals surface area contributed by atoms with E-state index in [1.54, 1.807) is 0 Å². The predicted molar refractivity (Wildman–Crippen MR) is 67.9 cm³/mol. The Balaban J connectivity index is 3.98. The predicted octanol–water partition coefficient (Wildman–Crippen LogP) is 4.09. The highest BCUT2D eigenvalue weighted by Crippen LogP contribution is 2.23. The maximum absolute atomic E-state index is 9.89. The lowest BCUT2D eigenvalue weighted by Crippen LogP contribution is -2.13. The lowest BCUT2D eigenvalue weighted by Gasteiger charge is -2.20. The van der Waals surface area contributed by atoms with Crippen molar-refractivity contribution in [2.45, 2.75) is 60.0 Å². The fourth-order valence-corrected chi connectivity index (χ4v) is 1.32. The standard InChI is InChI=1S/C14H26O/c1-6-7-8-9-12(2)13(15)10-11-14(3,4)5/h6-7,9,13,15H,8,10-11H2,1-5H3/b7-6+,12-9-. The summed E-state index contributed by atoms with van der Waals surface area (Å²) in [6, 6.07) is 0. The van der Waals surface area contributed by atoms with Gasteiger partial charge in [-0.25, -0.2) is 0 Å². The van der Waals surface area contributed by atoms with Crippen LogP contribution in [0.3, 0.4) is 0 Å². The zero-order valence-electron chi connectivity index (χ0n) is 10.9. The molecular weight excluding hydrogens is 184 g/mol. The Morgan fingerprint density at radius 2 is 1.93 bits per heavy atom. The number of allylic oxidation sites excluding steroid dienone is 3. The summed E-state index contributed by atoms with van der Waals surface area (Å²) in [4.78, 5) is 0. The Bertz CT molecular complexity index is 218. The van der Waals surface area contributed by atoms with Gasteiger partial charge in [-0.15, -0.1) is 0 Å². The first-order valence-electron chi connectivity index (χ1n) is 5.82. The van der Waals surface area contributed by atoms with Crippen molar-refractivity contribution in [1.29, 1.82) is 0 Å². The van der Waals surface area contributed by atoms with Crippen LogP contribution in [0.2, 0.25) is 0 Å². The molecule has 0 aromatic rings. The van der Waals surface area contributed by atoms with E-state index >= 15 is 0 Å².